The smallest absolute Gasteiger partial charge is 0.345 e. The first kappa shape index (κ1) is 22.2. The largest absolute Gasteiger partial charge is 0.845 e. The third-order valence-electron chi connectivity index (χ3n) is 6.89. The molecule has 2 aromatic rings. The quantitative estimate of drug-likeness (QED) is 0.525. The first-order valence-corrected chi connectivity index (χ1v) is 13.1. The Labute approximate surface area is 194 Å². The lowest BCUT2D eigenvalue weighted by atomic mass is 9.99. The maximum Gasteiger partial charge on any atom is 0.345 e. The molecule has 2 aliphatic carbocycles. The summed E-state index contributed by atoms with van der Waals surface area (Å²) in [5.74, 6) is 0. The van der Waals surface area contributed by atoms with Gasteiger partial charge in [0, 0.05) is 25.5 Å². The van der Waals surface area contributed by atoms with Crippen LogP contribution in [-0.4, -0.2) is 43.0 Å². The number of aromatic nitrogens is 2. The predicted molar refractivity (Wildman–Crippen MR) is 125 cm³/mol. The molecule has 0 bridgehead atoms. The Bertz CT molecular complexity index is 1160. The number of fused-ring (bicyclic) bond motifs is 2. The average Bonchev–Trinajstić information content (AvgIpc) is 3.48. The maximum absolute atomic E-state index is 13.4. The molecule has 2 atom stereocenters. The van der Waals surface area contributed by atoms with Crippen molar-refractivity contribution in [2.75, 3.05) is 16.2 Å². The number of rotatable bonds is 5. The van der Waals surface area contributed by atoms with E-state index in [-0.39, 0.29) is 12.1 Å². The normalized spacial score (nSPS) is 22.8. The summed E-state index contributed by atoms with van der Waals surface area (Å²) in [6.07, 6.45) is 9.96. The molecule has 178 valence electrons. The zero-order valence-electron chi connectivity index (χ0n) is 19.1. The van der Waals surface area contributed by atoms with Gasteiger partial charge in [-0.05, 0) is 80.5 Å². The summed E-state index contributed by atoms with van der Waals surface area (Å²) in [4.78, 5) is 0. The molecule has 5 rings (SSSR count). The Kier molecular flexibility index (Phi) is 5.82. The second-order valence-corrected chi connectivity index (χ2v) is 10.7. The van der Waals surface area contributed by atoms with Gasteiger partial charge in [-0.2, -0.15) is 13.5 Å². The fraction of sp³-hybridized carbons (Fsp3) is 0.565. The summed E-state index contributed by atoms with van der Waals surface area (Å²) in [5, 5.41) is 20.0. The summed E-state index contributed by atoms with van der Waals surface area (Å²) in [7, 11) is -2.57. The van der Waals surface area contributed by atoms with E-state index >= 15 is 0 Å². The molecule has 2 heterocycles. The molecule has 0 spiro atoms. The van der Waals surface area contributed by atoms with Crippen LogP contribution in [0.5, 0.6) is 0 Å². The van der Waals surface area contributed by atoms with Crippen molar-refractivity contribution < 1.29 is 18.3 Å². The number of ether oxygens (including phenoxy) is 1. The van der Waals surface area contributed by atoms with Gasteiger partial charge in [0.05, 0.1) is 30.1 Å². The van der Waals surface area contributed by atoms with Gasteiger partial charge in [0.25, 0.3) is 0 Å². The van der Waals surface area contributed by atoms with E-state index in [1.165, 1.54) is 26.3 Å². The summed E-state index contributed by atoms with van der Waals surface area (Å²) >= 11 is 0. The number of amidine groups is 1. The minimum absolute atomic E-state index is 0.0820. The Hall–Kier alpha value is -2.59. The van der Waals surface area contributed by atoms with E-state index in [9.17, 15) is 13.5 Å². The van der Waals surface area contributed by atoms with Crippen LogP contribution in [0.25, 0.3) is 0 Å². The lowest BCUT2D eigenvalue weighted by Gasteiger charge is -2.35. The maximum atomic E-state index is 13.4. The molecule has 10 heteroatoms. The highest BCUT2D eigenvalue weighted by Gasteiger charge is 2.34. The predicted octanol–water partition coefficient (Wildman–Crippen LogP) is 1.84. The Balaban J connectivity index is 1.48. The molecule has 1 saturated heterocycles. The molecule has 0 radical (unpaired) electrons. The van der Waals surface area contributed by atoms with Crippen molar-refractivity contribution in [2.24, 2.45) is 11.4 Å². The zero-order chi connectivity index (χ0) is 23.2. The van der Waals surface area contributed by atoms with Crippen LogP contribution < -0.4 is 14.7 Å². The number of nitrogens with one attached hydrogen (secondary N) is 1. The second-order valence-electron chi connectivity index (χ2n) is 9.26. The molecule has 33 heavy (non-hydrogen) atoms. The molecule has 1 aliphatic heterocycles. The molecular weight excluding hydrogens is 442 g/mol. The standard InChI is InChI=1S/C23H31N5O4S/c1-15-11-18(9-10-32-15)28(19-13-24-27(2)14-19)33(30,31)26-23(29)25-22-20-7-3-5-16(20)12-17-6-4-8-21(17)22/h12-15,18H,3-11H2,1-2H3,(H2,25,26,29)/p-1/t15-,18?/m1/s1. The van der Waals surface area contributed by atoms with Gasteiger partial charge in [0.2, 0.25) is 0 Å². The van der Waals surface area contributed by atoms with E-state index in [1.807, 2.05) is 6.92 Å². The van der Waals surface area contributed by atoms with Gasteiger partial charge in [-0.25, -0.2) is 4.31 Å². The lowest BCUT2D eigenvalue weighted by Crippen LogP contribution is -2.45. The summed E-state index contributed by atoms with van der Waals surface area (Å²) < 4.78 is 39.0. The van der Waals surface area contributed by atoms with Crippen molar-refractivity contribution >= 4 is 27.6 Å². The van der Waals surface area contributed by atoms with Crippen molar-refractivity contribution in [3.63, 3.8) is 0 Å². The fourth-order valence-electron chi connectivity index (χ4n) is 5.49. The van der Waals surface area contributed by atoms with Gasteiger partial charge >= 0.3 is 10.2 Å². The van der Waals surface area contributed by atoms with Crippen LogP contribution in [0.2, 0.25) is 0 Å². The lowest BCUT2D eigenvalue weighted by molar-refractivity contribution is -0.213. The minimum Gasteiger partial charge on any atom is -0.845 e. The minimum atomic E-state index is -4.30. The van der Waals surface area contributed by atoms with Crippen LogP contribution in [0, 0.1) is 0 Å². The topological polar surface area (TPSA) is 112 Å². The fourth-order valence-corrected chi connectivity index (χ4v) is 6.76. The van der Waals surface area contributed by atoms with Crippen molar-refractivity contribution in [2.45, 2.75) is 70.4 Å². The Morgan fingerprint density at radius 2 is 1.94 bits per heavy atom. The highest BCUT2D eigenvalue weighted by Crippen LogP contribution is 2.38. The van der Waals surface area contributed by atoms with E-state index in [0.717, 1.165) is 55.3 Å². The third-order valence-corrected chi connectivity index (χ3v) is 8.29. The van der Waals surface area contributed by atoms with Crippen LogP contribution in [0.15, 0.2) is 22.9 Å². The molecule has 1 unspecified atom stereocenters. The number of aryl methyl sites for hydroxylation is 3. The number of hydrogen-bond donors (Lipinski definition) is 1. The Morgan fingerprint density at radius 3 is 2.55 bits per heavy atom. The highest BCUT2D eigenvalue weighted by molar-refractivity contribution is 7.91. The molecule has 0 amide bonds. The van der Waals surface area contributed by atoms with Crippen LogP contribution in [0.1, 0.15) is 54.9 Å². The van der Waals surface area contributed by atoms with Crippen molar-refractivity contribution in [3.8, 4) is 0 Å². The third kappa shape index (κ3) is 4.33. The second kappa shape index (κ2) is 8.64. The molecule has 1 aromatic heterocycles. The van der Waals surface area contributed by atoms with Crippen LogP contribution in [0.3, 0.4) is 0 Å². The molecule has 1 fully saturated rings. The highest BCUT2D eigenvalue weighted by atomic mass is 32.2. The molecule has 1 aromatic carbocycles. The van der Waals surface area contributed by atoms with E-state index < -0.39 is 16.2 Å². The monoisotopic (exact) mass is 472 g/mol. The number of hydrogen-bond acceptors (Lipinski definition) is 5. The number of benzene rings is 1. The first-order chi connectivity index (χ1) is 15.8. The molecule has 9 nitrogen and oxygen atoms in total. The molecule has 1 N–H and O–H groups in total. The van der Waals surface area contributed by atoms with E-state index in [0.29, 0.717) is 25.1 Å². The van der Waals surface area contributed by atoms with Gasteiger partial charge in [0.1, 0.15) is 0 Å². The van der Waals surface area contributed by atoms with Crippen LogP contribution >= 0.6 is 0 Å². The van der Waals surface area contributed by atoms with Crippen molar-refractivity contribution in [1.29, 1.82) is 0 Å². The van der Waals surface area contributed by atoms with Crippen molar-refractivity contribution in [3.05, 3.63) is 40.7 Å². The van der Waals surface area contributed by atoms with E-state index in [4.69, 9.17) is 4.74 Å². The van der Waals surface area contributed by atoms with Gasteiger partial charge in [-0.15, -0.1) is 4.40 Å². The van der Waals surface area contributed by atoms with Gasteiger partial charge in [-0.1, -0.05) is 6.07 Å². The van der Waals surface area contributed by atoms with Crippen LogP contribution in [0.4, 0.5) is 11.4 Å². The van der Waals surface area contributed by atoms with Gasteiger partial charge in [-0.3, -0.25) is 4.68 Å². The molecule has 0 saturated carbocycles. The van der Waals surface area contributed by atoms with Gasteiger partial charge in [0.15, 0.2) is 0 Å². The van der Waals surface area contributed by atoms with Crippen molar-refractivity contribution in [1.82, 2.24) is 9.78 Å². The van der Waals surface area contributed by atoms with Gasteiger partial charge < -0.3 is 15.2 Å². The molecular formula is C23H30N5O4S-. The van der Waals surface area contributed by atoms with E-state index in [2.05, 4.69) is 20.9 Å². The summed E-state index contributed by atoms with van der Waals surface area (Å²) in [6.45, 7) is 2.37. The Morgan fingerprint density at radius 1 is 1.24 bits per heavy atom. The molecule has 3 aliphatic rings. The number of nitrogens with zero attached hydrogens (tertiary/aromatic N) is 4. The summed E-state index contributed by atoms with van der Waals surface area (Å²) in [5.41, 5.74) is 5.99. The SMILES string of the molecule is C[C@@H]1CC(N(c2cnn(C)c2)S(=O)(=O)/N=C(\[O-])Nc2c3c(cc4c2CCC4)CCC3)CCO1. The number of anilines is 2. The summed E-state index contributed by atoms with van der Waals surface area (Å²) in [6, 6.07) is 1.06. The zero-order valence-corrected chi connectivity index (χ0v) is 19.9. The first-order valence-electron chi connectivity index (χ1n) is 11.7. The van der Waals surface area contributed by atoms with E-state index in [1.54, 1.807) is 13.2 Å². The average molecular weight is 473 g/mol. The van der Waals surface area contributed by atoms with Crippen LogP contribution in [-0.2, 0) is 47.7 Å².